The lowest BCUT2D eigenvalue weighted by molar-refractivity contribution is 0.00247. The fourth-order valence-electron chi connectivity index (χ4n) is 2.84. The third-order valence-corrected chi connectivity index (χ3v) is 3.96. The molecule has 2 heterocycles. The molecule has 0 aromatic carbocycles. The van der Waals surface area contributed by atoms with Gasteiger partial charge in [-0.2, -0.15) is 0 Å². The van der Waals surface area contributed by atoms with Gasteiger partial charge in [-0.05, 0) is 6.42 Å². The monoisotopic (exact) mass is 270 g/mol. The molecule has 2 fully saturated rings. The molecule has 2 atom stereocenters. The van der Waals surface area contributed by atoms with E-state index in [0.29, 0.717) is 12.0 Å². The molecule has 0 unspecified atom stereocenters. The highest BCUT2D eigenvalue weighted by Gasteiger charge is 2.31. The summed E-state index contributed by atoms with van der Waals surface area (Å²) in [5.41, 5.74) is 0. The number of rotatable bonds is 4. The Morgan fingerprint density at radius 2 is 2.11 bits per heavy atom. The van der Waals surface area contributed by atoms with E-state index in [1.165, 1.54) is 0 Å². The first-order chi connectivity index (χ1) is 9.35. The summed E-state index contributed by atoms with van der Waals surface area (Å²) in [7, 11) is 3.68. The molecule has 0 aromatic rings. The lowest BCUT2D eigenvalue weighted by Gasteiger charge is -2.37. The van der Waals surface area contributed by atoms with Crippen LogP contribution in [0.2, 0.25) is 0 Å². The summed E-state index contributed by atoms with van der Waals surface area (Å²) in [5, 5.41) is 6.46. The highest BCUT2D eigenvalue weighted by molar-refractivity contribution is 5.79. The molecule has 0 spiro atoms. The van der Waals surface area contributed by atoms with Crippen LogP contribution in [0.25, 0.3) is 0 Å². The molecule has 0 amide bonds. The quantitative estimate of drug-likeness (QED) is 0.534. The fraction of sp³-hybridized carbons (Fsp3) is 0.923. The maximum atomic E-state index is 5.56. The SMILES string of the molecule is CN=C(NC)NC[C@H]([C@@H]1CCOC1)N1CCOCC1. The van der Waals surface area contributed by atoms with Crippen molar-refractivity contribution in [2.45, 2.75) is 12.5 Å². The molecule has 110 valence electrons. The molecule has 19 heavy (non-hydrogen) atoms. The molecule has 2 aliphatic heterocycles. The van der Waals surface area contributed by atoms with Crippen molar-refractivity contribution in [1.82, 2.24) is 15.5 Å². The number of hydrogen-bond acceptors (Lipinski definition) is 4. The molecule has 6 heteroatoms. The highest BCUT2D eigenvalue weighted by Crippen LogP contribution is 2.21. The minimum Gasteiger partial charge on any atom is -0.381 e. The largest absolute Gasteiger partial charge is 0.381 e. The summed E-state index contributed by atoms with van der Waals surface area (Å²) < 4.78 is 11.0. The maximum absolute atomic E-state index is 5.56. The van der Waals surface area contributed by atoms with Gasteiger partial charge >= 0.3 is 0 Å². The summed E-state index contributed by atoms with van der Waals surface area (Å²) in [6.45, 7) is 6.38. The van der Waals surface area contributed by atoms with Crippen LogP contribution in [0.15, 0.2) is 4.99 Å². The van der Waals surface area contributed by atoms with Gasteiger partial charge in [-0.1, -0.05) is 0 Å². The summed E-state index contributed by atoms with van der Waals surface area (Å²) in [5.74, 6) is 1.46. The third-order valence-electron chi connectivity index (χ3n) is 3.96. The van der Waals surface area contributed by atoms with E-state index in [1.807, 2.05) is 7.05 Å². The molecule has 2 aliphatic rings. The molecule has 0 aliphatic carbocycles. The van der Waals surface area contributed by atoms with Crippen LogP contribution in [0.4, 0.5) is 0 Å². The number of guanidine groups is 1. The molecule has 2 N–H and O–H groups in total. The van der Waals surface area contributed by atoms with Crippen molar-refractivity contribution in [3.63, 3.8) is 0 Å². The average molecular weight is 270 g/mol. The van der Waals surface area contributed by atoms with Crippen molar-refractivity contribution in [2.24, 2.45) is 10.9 Å². The Morgan fingerprint density at radius 3 is 2.68 bits per heavy atom. The van der Waals surface area contributed by atoms with Crippen molar-refractivity contribution in [1.29, 1.82) is 0 Å². The lowest BCUT2D eigenvalue weighted by Crippen LogP contribution is -2.53. The van der Waals surface area contributed by atoms with Crippen molar-refractivity contribution in [3.05, 3.63) is 0 Å². The Balaban J connectivity index is 1.92. The van der Waals surface area contributed by atoms with Gasteiger partial charge in [0.1, 0.15) is 0 Å². The van der Waals surface area contributed by atoms with Gasteiger partial charge in [0.25, 0.3) is 0 Å². The maximum Gasteiger partial charge on any atom is 0.190 e. The number of hydrogen-bond donors (Lipinski definition) is 2. The number of aliphatic imine (C=N–C) groups is 1. The van der Waals surface area contributed by atoms with E-state index in [2.05, 4.69) is 20.5 Å². The van der Waals surface area contributed by atoms with Gasteiger partial charge in [-0.3, -0.25) is 9.89 Å². The zero-order valence-corrected chi connectivity index (χ0v) is 12.0. The topological polar surface area (TPSA) is 58.1 Å². The summed E-state index contributed by atoms with van der Waals surface area (Å²) in [6, 6.07) is 0.497. The van der Waals surface area contributed by atoms with Crippen LogP contribution in [-0.4, -0.2) is 77.1 Å². The van der Waals surface area contributed by atoms with Crippen LogP contribution in [0.1, 0.15) is 6.42 Å². The predicted octanol–water partition coefficient (Wildman–Crippen LogP) is -0.481. The molecule has 2 saturated heterocycles. The second-order valence-corrected chi connectivity index (χ2v) is 5.04. The van der Waals surface area contributed by atoms with Gasteiger partial charge in [0.15, 0.2) is 5.96 Å². The minimum atomic E-state index is 0.497. The standard InChI is InChI=1S/C13H26N4O2/c1-14-13(15-2)16-9-12(11-3-6-19-10-11)17-4-7-18-8-5-17/h11-12H,3-10H2,1-2H3,(H2,14,15,16)/t11-,12-/m1/s1. The van der Waals surface area contributed by atoms with Crippen LogP contribution in [0, 0.1) is 5.92 Å². The Hall–Kier alpha value is -0.850. The van der Waals surface area contributed by atoms with Gasteiger partial charge in [0.2, 0.25) is 0 Å². The van der Waals surface area contributed by atoms with E-state index in [1.54, 1.807) is 7.05 Å². The Bertz CT molecular complexity index is 286. The van der Waals surface area contributed by atoms with E-state index in [-0.39, 0.29) is 0 Å². The predicted molar refractivity (Wildman–Crippen MR) is 75.5 cm³/mol. The molecule has 0 radical (unpaired) electrons. The summed E-state index contributed by atoms with van der Waals surface area (Å²) in [6.07, 6.45) is 1.15. The molecule has 2 rings (SSSR count). The Kier molecular flexibility index (Phi) is 5.88. The fourth-order valence-corrected chi connectivity index (χ4v) is 2.84. The molecule has 6 nitrogen and oxygen atoms in total. The first kappa shape index (κ1) is 14.6. The summed E-state index contributed by atoms with van der Waals surface area (Å²) in [4.78, 5) is 6.70. The van der Waals surface area contributed by atoms with Crippen LogP contribution in [-0.2, 0) is 9.47 Å². The average Bonchev–Trinajstić information content (AvgIpc) is 2.99. The molecular weight excluding hydrogens is 244 g/mol. The number of nitrogens with zero attached hydrogens (tertiary/aromatic N) is 2. The van der Waals surface area contributed by atoms with Gasteiger partial charge in [-0.15, -0.1) is 0 Å². The van der Waals surface area contributed by atoms with Crippen molar-refractivity contribution in [3.8, 4) is 0 Å². The van der Waals surface area contributed by atoms with Crippen LogP contribution in [0.3, 0.4) is 0 Å². The van der Waals surface area contributed by atoms with E-state index in [4.69, 9.17) is 9.47 Å². The third kappa shape index (κ3) is 4.06. The first-order valence-electron chi connectivity index (χ1n) is 7.13. The van der Waals surface area contributed by atoms with Crippen LogP contribution < -0.4 is 10.6 Å². The number of nitrogens with one attached hydrogen (secondary N) is 2. The van der Waals surface area contributed by atoms with Crippen LogP contribution in [0.5, 0.6) is 0 Å². The zero-order chi connectivity index (χ0) is 13.5. The minimum absolute atomic E-state index is 0.497. The highest BCUT2D eigenvalue weighted by atomic mass is 16.5. The van der Waals surface area contributed by atoms with Gasteiger partial charge in [0.05, 0.1) is 19.8 Å². The van der Waals surface area contributed by atoms with E-state index in [9.17, 15) is 0 Å². The van der Waals surface area contributed by atoms with Crippen molar-refractivity contribution in [2.75, 3.05) is 60.2 Å². The smallest absolute Gasteiger partial charge is 0.190 e. The number of morpholine rings is 1. The zero-order valence-electron chi connectivity index (χ0n) is 12.0. The molecule has 0 saturated carbocycles. The Labute approximate surface area is 115 Å². The van der Waals surface area contributed by atoms with Gasteiger partial charge in [-0.25, -0.2) is 0 Å². The van der Waals surface area contributed by atoms with Crippen molar-refractivity contribution >= 4 is 5.96 Å². The second-order valence-electron chi connectivity index (χ2n) is 5.04. The van der Waals surface area contributed by atoms with Crippen LogP contribution >= 0.6 is 0 Å². The first-order valence-corrected chi connectivity index (χ1v) is 7.13. The van der Waals surface area contributed by atoms with E-state index >= 15 is 0 Å². The molecule has 0 aromatic heterocycles. The second kappa shape index (κ2) is 7.67. The normalized spacial score (nSPS) is 27.3. The molecular formula is C13H26N4O2. The lowest BCUT2D eigenvalue weighted by atomic mass is 9.97. The Morgan fingerprint density at radius 1 is 1.32 bits per heavy atom. The van der Waals surface area contributed by atoms with Crippen molar-refractivity contribution < 1.29 is 9.47 Å². The molecule has 0 bridgehead atoms. The van der Waals surface area contributed by atoms with E-state index in [0.717, 1.165) is 58.4 Å². The summed E-state index contributed by atoms with van der Waals surface area (Å²) >= 11 is 0. The number of ether oxygens (including phenoxy) is 2. The van der Waals surface area contributed by atoms with Gasteiger partial charge in [0, 0.05) is 52.3 Å². The van der Waals surface area contributed by atoms with Gasteiger partial charge < -0.3 is 20.1 Å². The van der Waals surface area contributed by atoms with E-state index < -0.39 is 0 Å².